The second kappa shape index (κ2) is 5.46. The van der Waals surface area contributed by atoms with Gasteiger partial charge < -0.3 is 9.47 Å². The Labute approximate surface area is 121 Å². The maximum absolute atomic E-state index is 5.34. The maximum atomic E-state index is 5.34. The van der Waals surface area contributed by atoms with E-state index in [-0.39, 0.29) is 0 Å². The number of benzene rings is 1. The van der Waals surface area contributed by atoms with Gasteiger partial charge in [0.15, 0.2) is 0 Å². The van der Waals surface area contributed by atoms with Crippen molar-refractivity contribution in [1.82, 2.24) is 9.97 Å². The fraction of sp³-hybridized carbons (Fsp3) is 0.200. The van der Waals surface area contributed by atoms with Crippen LogP contribution < -0.4 is 9.47 Å². The lowest BCUT2D eigenvalue weighted by atomic mass is 10.3. The molecule has 0 fully saturated rings. The summed E-state index contributed by atoms with van der Waals surface area (Å²) < 4.78 is 11.7. The Morgan fingerprint density at radius 3 is 2.80 bits per heavy atom. The van der Waals surface area contributed by atoms with Crippen LogP contribution in [0, 0.1) is 0 Å². The quantitative estimate of drug-likeness (QED) is 0.732. The largest absolute Gasteiger partial charge is 0.497 e. The first-order chi connectivity index (χ1) is 9.80. The zero-order chi connectivity index (χ0) is 13.9. The summed E-state index contributed by atoms with van der Waals surface area (Å²) in [5, 5.41) is 0.948. The molecule has 3 aromatic rings. The minimum atomic E-state index is 0.618. The van der Waals surface area contributed by atoms with E-state index >= 15 is 0 Å². The fourth-order valence-corrected chi connectivity index (χ4v) is 2.88. The van der Waals surface area contributed by atoms with Crippen LogP contribution in [0.5, 0.6) is 11.6 Å². The molecule has 0 saturated carbocycles. The summed E-state index contributed by atoms with van der Waals surface area (Å²) in [6.07, 6.45) is 1.79. The Hall–Kier alpha value is -2.14. The maximum Gasteiger partial charge on any atom is 0.213 e. The van der Waals surface area contributed by atoms with Gasteiger partial charge in [0.25, 0.3) is 0 Å². The number of hydrogen-bond acceptors (Lipinski definition) is 5. The van der Waals surface area contributed by atoms with Gasteiger partial charge in [0.1, 0.15) is 10.8 Å². The Morgan fingerprint density at radius 2 is 2.10 bits per heavy atom. The van der Waals surface area contributed by atoms with Crippen LogP contribution in [-0.4, -0.2) is 23.7 Å². The molecule has 0 aliphatic rings. The van der Waals surface area contributed by atoms with Crippen molar-refractivity contribution in [2.45, 2.75) is 6.92 Å². The molecule has 20 heavy (non-hydrogen) atoms. The molecule has 0 amide bonds. The Morgan fingerprint density at radius 1 is 1.20 bits per heavy atom. The van der Waals surface area contributed by atoms with Gasteiger partial charge in [0.2, 0.25) is 5.88 Å². The topological polar surface area (TPSA) is 44.2 Å². The standard InChI is InChI=1S/C15H14N2O2S/c1-3-19-14-7-4-10(9-16-14)15-17-12-6-5-11(18-2)8-13(12)20-15/h4-9H,3H2,1-2H3. The van der Waals surface area contributed by atoms with Crippen molar-refractivity contribution in [1.29, 1.82) is 0 Å². The molecule has 3 rings (SSSR count). The van der Waals surface area contributed by atoms with E-state index in [0.29, 0.717) is 12.5 Å². The molecule has 0 spiro atoms. The average molecular weight is 286 g/mol. The predicted molar refractivity (Wildman–Crippen MR) is 80.6 cm³/mol. The lowest BCUT2D eigenvalue weighted by Crippen LogP contribution is -1.93. The lowest BCUT2D eigenvalue weighted by Gasteiger charge is -2.01. The van der Waals surface area contributed by atoms with Gasteiger partial charge in [-0.05, 0) is 31.2 Å². The van der Waals surface area contributed by atoms with Gasteiger partial charge in [-0.3, -0.25) is 0 Å². The highest BCUT2D eigenvalue weighted by molar-refractivity contribution is 7.21. The minimum Gasteiger partial charge on any atom is -0.497 e. The van der Waals surface area contributed by atoms with Crippen molar-refractivity contribution >= 4 is 21.6 Å². The van der Waals surface area contributed by atoms with Crippen molar-refractivity contribution in [3.8, 4) is 22.2 Å². The second-order valence-corrected chi connectivity index (χ2v) is 5.20. The zero-order valence-electron chi connectivity index (χ0n) is 11.3. The minimum absolute atomic E-state index is 0.618. The molecule has 0 bridgehead atoms. The van der Waals surface area contributed by atoms with Gasteiger partial charge in [-0.25, -0.2) is 9.97 Å². The monoisotopic (exact) mass is 286 g/mol. The first-order valence-electron chi connectivity index (χ1n) is 6.34. The van der Waals surface area contributed by atoms with Gasteiger partial charge in [0, 0.05) is 17.8 Å². The van der Waals surface area contributed by atoms with E-state index < -0.39 is 0 Å². The number of nitrogens with zero attached hydrogens (tertiary/aromatic N) is 2. The van der Waals surface area contributed by atoms with Crippen molar-refractivity contribution < 1.29 is 9.47 Å². The molecule has 2 aromatic heterocycles. The van der Waals surface area contributed by atoms with Crippen molar-refractivity contribution in [2.75, 3.05) is 13.7 Å². The first-order valence-corrected chi connectivity index (χ1v) is 7.15. The Bertz CT molecular complexity index is 722. The summed E-state index contributed by atoms with van der Waals surface area (Å²) in [6.45, 7) is 2.56. The molecule has 5 heteroatoms. The fourth-order valence-electron chi connectivity index (χ4n) is 1.90. The third kappa shape index (κ3) is 2.44. The Balaban J connectivity index is 1.96. The third-order valence-corrected chi connectivity index (χ3v) is 3.94. The van der Waals surface area contributed by atoms with E-state index in [2.05, 4.69) is 9.97 Å². The van der Waals surface area contributed by atoms with E-state index in [0.717, 1.165) is 26.5 Å². The van der Waals surface area contributed by atoms with Crippen LogP contribution in [0.4, 0.5) is 0 Å². The van der Waals surface area contributed by atoms with Crippen molar-refractivity contribution in [3.05, 3.63) is 36.5 Å². The number of rotatable bonds is 4. The van der Waals surface area contributed by atoms with Crippen LogP contribution in [0.2, 0.25) is 0 Å². The summed E-state index contributed by atoms with van der Waals surface area (Å²) >= 11 is 1.63. The Kier molecular flexibility index (Phi) is 3.52. The average Bonchev–Trinajstić information content (AvgIpc) is 2.91. The lowest BCUT2D eigenvalue weighted by molar-refractivity contribution is 0.327. The highest BCUT2D eigenvalue weighted by atomic mass is 32.1. The molecule has 0 N–H and O–H groups in total. The number of aromatic nitrogens is 2. The molecule has 0 saturated heterocycles. The number of hydrogen-bond donors (Lipinski definition) is 0. The summed E-state index contributed by atoms with van der Waals surface area (Å²) in [5.74, 6) is 1.48. The smallest absolute Gasteiger partial charge is 0.213 e. The van der Waals surface area contributed by atoms with Gasteiger partial charge in [-0.2, -0.15) is 0 Å². The van der Waals surface area contributed by atoms with E-state index in [4.69, 9.17) is 9.47 Å². The summed E-state index contributed by atoms with van der Waals surface area (Å²) in [7, 11) is 1.67. The molecule has 0 aliphatic heterocycles. The highest BCUT2D eigenvalue weighted by Gasteiger charge is 2.08. The van der Waals surface area contributed by atoms with Gasteiger partial charge in [0.05, 0.1) is 23.9 Å². The van der Waals surface area contributed by atoms with Crippen LogP contribution >= 0.6 is 11.3 Å². The van der Waals surface area contributed by atoms with Crippen LogP contribution in [0.1, 0.15) is 6.92 Å². The molecule has 0 unspecified atom stereocenters. The van der Waals surface area contributed by atoms with Gasteiger partial charge in [-0.1, -0.05) is 0 Å². The van der Waals surface area contributed by atoms with Crippen LogP contribution in [0.25, 0.3) is 20.8 Å². The van der Waals surface area contributed by atoms with Crippen LogP contribution in [0.15, 0.2) is 36.5 Å². The third-order valence-electron chi connectivity index (χ3n) is 2.87. The van der Waals surface area contributed by atoms with Gasteiger partial charge in [-0.15, -0.1) is 11.3 Å². The number of pyridine rings is 1. The van der Waals surface area contributed by atoms with Gasteiger partial charge >= 0.3 is 0 Å². The van der Waals surface area contributed by atoms with E-state index in [9.17, 15) is 0 Å². The number of ether oxygens (including phenoxy) is 2. The summed E-state index contributed by atoms with van der Waals surface area (Å²) in [4.78, 5) is 8.88. The molecule has 102 valence electrons. The molecule has 0 atom stereocenters. The highest BCUT2D eigenvalue weighted by Crippen LogP contribution is 2.32. The van der Waals surface area contributed by atoms with E-state index in [1.54, 1.807) is 24.6 Å². The molecule has 0 radical (unpaired) electrons. The van der Waals surface area contributed by atoms with Crippen LogP contribution in [-0.2, 0) is 0 Å². The van der Waals surface area contributed by atoms with Crippen molar-refractivity contribution in [2.24, 2.45) is 0 Å². The second-order valence-electron chi connectivity index (χ2n) is 4.17. The molecule has 4 nitrogen and oxygen atoms in total. The molecule has 2 heterocycles. The number of methoxy groups -OCH3 is 1. The number of fused-ring (bicyclic) bond motifs is 1. The van der Waals surface area contributed by atoms with E-state index in [1.165, 1.54) is 0 Å². The normalized spacial score (nSPS) is 10.7. The van der Waals surface area contributed by atoms with Crippen molar-refractivity contribution in [3.63, 3.8) is 0 Å². The van der Waals surface area contributed by atoms with E-state index in [1.807, 2.05) is 37.3 Å². The molecular formula is C15H14N2O2S. The van der Waals surface area contributed by atoms with Crippen LogP contribution in [0.3, 0.4) is 0 Å². The SMILES string of the molecule is CCOc1ccc(-c2nc3ccc(OC)cc3s2)cn1. The predicted octanol–water partition coefficient (Wildman–Crippen LogP) is 3.77. The summed E-state index contributed by atoms with van der Waals surface area (Å²) in [6, 6.07) is 9.73. The molecular weight excluding hydrogens is 272 g/mol. The molecule has 0 aliphatic carbocycles. The summed E-state index contributed by atoms with van der Waals surface area (Å²) in [5.41, 5.74) is 1.97. The molecule has 1 aromatic carbocycles. The number of thiazole rings is 1. The first kappa shape index (κ1) is 12.9. The zero-order valence-corrected chi connectivity index (χ0v) is 12.1.